The number of hydrogen-bond acceptors (Lipinski definition) is 6. The van der Waals surface area contributed by atoms with Gasteiger partial charge >= 0.3 is 0 Å². The molecule has 2 N–H and O–H groups in total. The van der Waals surface area contributed by atoms with Crippen molar-refractivity contribution in [3.63, 3.8) is 0 Å². The lowest BCUT2D eigenvalue weighted by atomic mass is 10.2. The van der Waals surface area contributed by atoms with Crippen molar-refractivity contribution in [2.45, 2.75) is 26.1 Å². The van der Waals surface area contributed by atoms with Crippen LogP contribution in [0.5, 0.6) is 5.88 Å². The SMILES string of the molecule is CCOc1nc(Nc2cnn(C3CN(C)CC3F)c2C)nc2[nH]ccc12. The van der Waals surface area contributed by atoms with E-state index in [2.05, 4.69) is 25.4 Å². The fourth-order valence-electron chi connectivity index (χ4n) is 3.37. The Hall–Kier alpha value is -2.68. The highest BCUT2D eigenvalue weighted by atomic mass is 19.1. The maximum absolute atomic E-state index is 14.2. The third-order valence-corrected chi connectivity index (χ3v) is 4.67. The molecule has 1 aliphatic heterocycles. The fourth-order valence-corrected chi connectivity index (χ4v) is 3.37. The van der Waals surface area contributed by atoms with Gasteiger partial charge in [-0.15, -0.1) is 0 Å². The van der Waals surface area contributed by atoms with Crippen LogP contribution >= 0.6 is 0 Å². The molecule has 0 spiro atoms. The topological polar surface area (TPSA) is 83.9 Å². The van der Waals surface area contributed by atoms with Crippen molar-refractivity contribution in [3.8, 4) is 5.88 Å². The smallest absolute Gasteiger partial charge is 0.232 e. The van der Waals surface area contributed by atoms with E-state index in [1.807, 2.05) is 31.9 Å². The predicted octanol–water partition coefficient (Wildman–Crippen LogP) is 2.43. The van der Waals surface area contributed by atoms with Gasteiger partial charge < -0.3 is 19.9 Å². The number of halogens is 1. The lowest BCUT2D eigenvalue weighted by Gasteiger charge is -2.15. The Kier molecular flexibility index (Phi) is 4.23. The molecule has 0 aromatic carbocycles. The highest BCUT2D eigenvalue weighted by Crippen LogP contribution is 2.29. The van der Waals surface area contributed by atoms with Crippen LogP contribution in [0, 0.1) is 6.92 Å². The fraction of sp³-hybridized carbons (Fsp3) is 0.471. The van der Waals surface area contributed by atoms with Gasteiger partial charge in [0.25, 0.3) is 0 Å². The van der Waals surface area contributed by atoms with E-state index >= 15 is 0 Å². The molecule has 0 amide bonds. The first-order valence-electron chi connectivity index (χ1n) is 8.68. The second-order valence-electron chi connectivity index (χ2n) is 6.54. The highest BCUT2D eigenvalue weighted by molar-refractivity contribution is 5.82. The zero-order valence-corrected chi connectivity index (χ0v) is 15.0. The average molecular weight is 359 g/mol. The van der Waals surface area contributed by atoms with Crippen molar-refractivity contribution in [2.75, 3.05) is 32.1 Å². The van der Waals surface area contributed by atoms with Gasteiger partial charge in [-0.2, -0.15) is 15.1 Å². The number of fused-ring (bicyclic) bond motifs is 1. The molecule has 0 radical (unpaired) electrons. The van der Waals surface area contributed by atoms with Gasteiger partial charge in [0, 0.05) is 19.3 Å². The van der Waals surface area contributed by atoms with Crippen LogP contribution in [-0.4, -0.2) is 62.5 Å². The Morgan fingerprint density at radius 3 is 2.96 bits per heavy atom. The van der Waals surface area contributed by atoms with Gasteiger partial charge in [0.05, 0.1) is 35.6 Å². The maximum atomic E-state index is 14.2. The number of likely N-dealkylation sites (tertiary alicyclic amines) is 1. The normalized spacial score (nSPS) is 20.8. The van der Waals surface area contributed by atoms with Gasteiger partial charge in [0.2, 0.25) is 11.8 Å². The zero-order chi connectivity index (χ0) is 18.3. The predicted molar refractivity (Wildman–Crippen MR) is 96.7 cm³/mol. The van der Waals surface area contributed by atoms with Crippen molar-refractivity contribution in [2.24, 2.45) is 0 Å². The van der Waals surface area contributed by atoms with E-state index in [9.17, 15) is 4.39 Å². The minimum absolute atomic E-state index is 0.277. The Morgan fingerprint density at radius 1 is 1.38 bits per heavy atom. The van der Waals surface area contributed by atoms with E-state index in [0.29, 0.717) is 37.2 Å². The molecule has 0 saturated carbocycles. The number of aromatic nitrogens is 5. The van der Waals surface area contributed by atoms with Crippen LogP contribution in [0.1, 0.15) is 18.7 Å². The molecule has 0 bridgehead atoms. The van der Waals surface area contributed by atoms with Crippen molar-refractivity contribution in [3.05, 3.63) is 24.2 Å². The number of alkyl halides is 1. The Morgan fingerprint density at radius 2 is 2.23 bits per heavy atom. The van der Waals surface area contributed by atoms with Gasteiger partial charge in [-0.05, 0) is 27.0 Å². The van der Waals surface area contributed by atoms with Gasteiger partial charge in [0.1, 0.15) is 11.8 Å². The molecule has 0 aliphatic carbocycles. The first kappa shape index (κ1) is 16.8. The molecule has 1 aliphatic rings. The molecule has 4 heterocycles. The van der Waals surface area contributed by atoms with Gasteiger partial charge in [-0.3, -0.25) is 4.68 Å². The number of nitrogens with one attached hydrogen (secondary N) is 2. The van der Waals surface area contributed by atoms with Crippen LogP contribution in [-0.2, 0) is 0 Å². The number of H-pyrrole nitrogens is 1. The number of hydrogen-bond donors (Lipinski definition) is 2. The Labute approximate surface area is 150 Å². The van der Waals surface area contributed by atoms with Crippen LogP contribution in [0.3, 0.4) is 0 Å². The molecule has 2 unspecified atom stereocenters. The van der Waals surface area contributed by atoms with E-state index in [1.54, 1.807) is 17.1 Å². The van der Waals surface area contributed by atoms with Crippen LogP contribution in [0.25, 0.3) is 11.0 Å². The summed E-state index contributed by atoms with van der Waals surface area (Å²) in [5, 5.41) is 8.40. The summed E-state index contributed by atoms with van der Waals surface area (Å²) in [5.74, 6) is 0.930. The van der Waals surface area contributed by atoms with Gasteiger partial charge in [0.15, 0.2) is 0 Å². The summed E-state index contributed by atoms with van der Waals surface area (Å²) < 4.78 is 21.6. The quantitative estimate of drug-likeness (QED) is 0.728. The number of rotatable bonds is 5. The molecular weight excluding hydrogens is 337 g/mol. The molecule has 4 rings (SSSR count). The van der Waals surface area contributed by atoms with Crippen molar-refractivity contribution in [1.29, 1.82) is 0 Å². The second kappa shape index (κ2) is 6.56. The summed E-state index contributed by atoms with van der Waals surface area (Å²) in [4.78, 5) is 14.0. The van der Waals surface area contributed by atoms with Gasteiger partial charge in [-0.25, -0.2) is 4.39 Å². The van der Waals surface area contributed by atoms with E-state index in [4.69, 9.17) is 4.74 Å². The lowest BCUT2D eigenvalue weighted by molar-refractivity contribution is 0.265. The molecule has 8 nitrogen and oxygen atoms in total. The molecule has 138 valence electrons. The van der Waals surface area contributed by atoms with Gasteiger partial charge in [-0.1, -0.05) is 0 Å². The molecule has 3 aromatic heterocycles. The summed E-state index contributed by atoms with van der Waals surface area (Å²) in [6.45, 7) is 5.41. The highest BCUT2D eigenvalue weighted by Gasteiger charge is 2.34. The first-order valence-corrected chi connectivity index (χ1v) is 8.68. The van der Waals surface area contributed by atoms with Crippen LogP contribution in [0.15, 0.2) is 18.5 Å². The molecule has 3 aromatic rings. The van der Waals surface area contributed by atoms with Crippen molar-refractivity contribution in [1.82, 2.24) is 29.6 Å². The summed E-state index contributed by atoms with van der Waals surface area (Å²) in [7, 11) is 1.92. The molecule has 1 saturated heterocycles. The number of likely N-dealkylation sites (N-methyl/N-ethyl adjacent to an activating group) is 1. The molecule has 1 fully saturated rings. The monoisotopic (exact) mass is 359 g/mol. The second-order valence-corrected chi connectivity index (χ2v) is 6.54. The molecule has 9 heteroatoms. The largest absolute Gasteiger partial charge is 0.477 e. The summed E-state index contributed by atoms with van der Waals surface area (Å²) in [5.41, 5.74) is 2.29. The van der Waals surface area contributed by atoms with E-state index in [1.165, 1.54) is 0 Å². The summed E-state index contributed by atoms with van der Waals surface area (Å²) >= 11 is 0. The average Bonchev–Trinajstić information content (AvgIpc) is 3.28. The third-order valence-electron chi connectivity index (χ3n) is 4.67. The van der Waals surface area contributed by atoms with Crippen LogP contribution < -0.4 is 10.1 Å². The van der Waals surface area contributed by atoms with E-state index < -0.39 is 6.17 Å². The number of anilines is 2. The van der Waals surface area contributed by atoms with E-state index in [0.717, 1.165) is 16.8 Å². The third kappa shape index (κ3) is 2.88. The summed E-state index contributed by atoms with van der Waals surface area (Å²) in [6, 6.07) is 1.60. The number of aromatic amines is 1. The van der Waals surface area contributed by atoms with Crippen LogP contribution in [0.2, 0.25) is 0 Å². The Bertz CT molecular complexity index is 921. The Balaban J connectivity index is 1.63. The lowest BCUT2D eigenvalue weighted by Crippen LogP contribution is -2.21. The standard InChI is InChI=1S/C17H22FN7O/c1-4-26-16-11-5-6-19-15(11)22-17(23-16)21-13-7-20-25(10(13)2)14-9-24(3)8-12(14)18/h5-7,12,14H,4,8-9H2,1-3H3,(H2,19,21,22,23). The molecule has 2 atom stereocenters. The molecule has 26 heavy (non-hydrogen) atoms. The van der Waals surface area contributed by atoms with Crippen molar-refractivity contribution >= 4 is 22.7 Å². The van der Waals surface area contributed by atoms with E-state index in [-0.39, 0.29) is 6.04 Å². The maximum Gasteiger partial charge on any atom is 0.232 e. The number of ether oxygens (including phenoxy) is 1. The zero-order valence-electron chi connectivity index (χ0n) is 15.0. The summed E-state index contributed by atoms with van der Waals surface area (Å²) in [6.07, 6.45) is 2.55. The first-order chi connectivity index (χ1) is 12.6. The van der Waals surface area contributed by atoms with Crippen LogP contribution in [0.4, 0.5) is 16.0 Å². The minimum Gasteiger partial charge on any atom is -0.477 e. The van der Waals surface area contributed by atoms with Crippen molar-refractivity contribution < 1.29 is 9.13 Å². The minimum atomic E-state index is -0.928. The molecular formula is C17H22FN7O. The number of nitrogens with zero attached hydrogens (tertiary/aromatic N) is 5.